The molecule has 20 heavy (non-hydrogen) atoms. The first-order valence-corrected chi connectivity index (χ1v) is 6.12. The van der Waals surface area contributed by atoms with E-state index in [1.165, 1.54) is 6.92 Å². The van der Waals surface area contributed by atoms with Crippen molar-refractivity contribution in [1.29, 1.82) is 0 Å². The van der Waals surface area contributed by atoms with Gasteiger partial charge in [0.2, 0.25) is 5.82 Å². The largest absolute Gasteiger partial charge is 0.346 e. The van der Waals surface area contributed by atoms with E-state index in [2.05, 4.69) is 5.32 Å². The molecule has 0 heterocycles. The Bertz CT molecular complexity index is 516. The second-order valence-corrected chi connectivity index (χ2v) is 4.71. The van der Waals surface area contributed by atoms with Gasteiger partial charge in [0.05, 0.1) is 5.54 Å². The van der Waals surface area contributed by atoms with Crippen molar-refractivity contribution in [2.75, 3.05) is 5.88 Å². The van der Waals surface area contributed by atoms with E-state index in [-0.39, 0.29) is 5.88 Å². The lowest BCUT2D eigenvalue weighted by Crippen LogP contribution is -2.47. The Morgan fingerprint density at radius 3 is 1.80 bits per heavy atom. The summed E-state index contributed by atoms with van der Waals surface area (Å²) in [5.41, 5.74) is -2.55. The topological polar surface area (TPSA) is 29.1 Å². The van der Waals surface area contributed by atoms with Crippen LogP contribution in [0.2, 0.25) is 0 Å². The highest BCUT2D eigenvalue weighted by atomic mass is 35.5. The molecule has 0 aromatic heterocycles. The van der Waals surface area contributed by atoms with Crippen molar-refractivity contribution in [2.24, 2.45) is 0 Å². The zero-order valence-corrected chi connectivity index (χ0v) is 11.3. The molecule has 0 aliphatic heterocycles. The van der Waals surface area contributed by atoms with Crippen LogP contribution in [0.4, 0.5) is 22.0 Å². The minimum Gasteiger partial charge on any atom is -0.346 e. The minimum atomic E-state index is -2.31. The number of alkyl halides is 1. The third-order valence-electron chi connectivity index (χ3n) is 2.93. The molecule has 1 unspecified atom stereocenters. The van der Waals surface area contributed by atoms with Crippen LogP contribution in [0, 0.1) is 29.1 Å². The maximum atomic E-state index is 13.4. The van der Waals surface area contributed by atoms with E-state index >= 15 is 0 Å². The minimum absolute atomic E-state index is 0.0926. The number of halogens is 6. The van der Waals surface area contributed by atoms with Crippen molar-refractivity contribution in [2.45, 2.75) is 25.8 Å². The maximum Gasteiger partial charge on any atom is 0.257 e. The average Bonchev–Trinajstić information content (AvgIpc) is 2.43. The fraction of sp³-hybridized carbons (Fsp3) is 0.417. The van der Waals surface area contributed by atoms with Crippen LogP contribution in [0.3, 0.4) is 0 Å². The van der Waals surface area contributed by atoms with Crippen molar-refractivity contribution >= 4 is 17.5 Å². The second kappa shape index (κ2) is 5.95. The summed E-state index contributed by atoms with van der Waals surface area (Å²) >= 11 is 5.60. The van der Waals surface area contributed by atoms with E-state index in [0.29, 0.717) is 6.42 Å². The number of hydrogen-bond acceptors (Lipinski definition) is 1. The monoisotopic (exact) mass is 315 g/mol. The van der Waals surface area contributed by atoms with Gasteiger partial charge in [0, 0.05) is 5.88 Å². The van der Waals surface area contributed by atoms with Crippen LogP contribution in [0.15, 0.2) is 0 Å². The van der Waals surface area contributed by atoms with Gasteiger partial charge in [-0.25, -0.2) is 22.0 Å². The van der Waals surface area contributed by atoms with Crippen LogP contribution in [0.5, 0.6) is 0 Å². The van der Waals surface area contributed by atoms with Crippen LogP contribution in [-0.4, -0.2) is 17.3 Å². The van der Waals surface area contributed by atoms with Crippen molar-refractivity contribution in [3.63, 3.8) is 0 Å². The van der Waals surface area contributed by atoms with Crippen molar-refractivity contribution in [1.82, 2.24) is 5.32 Å². The molecule has 0 spiro atoms. The van der Waals surface area contributed by atoms with Crippen LogP contribution in [0.25, 0.3) is 0 Å². The Balaban J connectivity index is 3.31. The molecule has 0 saturated carbocycles. The van der Waals surface area contributed by atoms with Crippen LogP contribution in [-0.2, 0) is 0 Å². The number of nitrogens with one attached hydrogen (secondary N) is 1. The van der Waals surface area contributed by atoms with Gasteiger partial charge in [0.25, 0.3) is 5.91 Å². The quantitative estimate of drug-likeness (QED) is 0.392. The summed E-state index contributed by atoms with van der Waals surface area (Å²) in [6.07, 6.45) is 0.303. The predicted molar refractivity (Wildman–Crippen MR) is 63.1 cm³/mol. The van der Waals surface area contributed by atoms with E-state index in [1.807, 2.05) is 0 Å². The highest BCUT2D eigenvalue weighted by molar-refractivity contribution is 6.18. The molecule has 0 radical (unpaired) electrons. The highest BCUT2D eigenvalue weighted by Crippen LogP contribution is 2.24. The molecule has 1 amide bonds. The summed E-state index contributed by atoms with van der Waals surface area (Å²) in [6, 6.07) is 0. The number of benzene rings is 1. The Labute approximate surface area is 116 Å². The first-order valence-electron chi connectivity index (χ1n) is 5.58. The van der Waals surface area contributed by atoms with Crippen molar-refractivity contribution in [3.05, 3.63) is 34.6 Å². The molecule has 1 rings (SSSR count). The first kappa shape index (κ1) is 16.7. The van der Waals surface area contributed by atoms with Gasteiger partial charge in [-0.05, 0) is 13.3 Å². The summed E-state index contributed by atoms with van der Waals surface area (Å²) < 4.78 is 65.7. The molecular weight excluding hydrogens is 305 g/mol. The van der Waals surface area contributed by atoms with E-state index in [0.717, 1.165) is 0 Å². The third kappa shape index (κ3) is 2.87. The molecule has 0 saturated heterocycles. The van der Waals surface area contributed by atoms with E-state index < -0.39 is 46.1 Å². The van der Waals surface area contributed by atoms with Gasteiger partial charge in [0.15, 0.2) is 23.3 Å². The Kier molecular flexibility index (Phi) is 4.96. The van der Waals surface area contributed by atoms with Crippen molar-refractivity contribution in [3.8, 4) is 0 Å². The molecule has 1 atom stereocenters. The molecule has 0 aliphatic carbocycles. The molecule has 0 aliphatic rings. The number of carbonyl (C=O) groups excluding carboxylic acids is 1. The molecule has 1 N–H and O–H groups in total. The molecule has 1 aromatic carbocycles. The van der Waals surface area contributed by atoms with Gasteiger partial charge in [-0.15, -0.1) is 11.6 Å². The van der Waals surface area contributed by atoms with Gasteiger partial charge < -0.3 is 5.32 Å². The standard InChI is InChI=1S/C12H11ClF5NO/c1-3-12(2,4-13)19-11(20)5-6(14)8(16)10(18)9(17)7(5)15/h3-4H2,1-2H3,(H,19,20). The number of rotatable bonds is 4. The van der Waals surface area contributed by atoms with Crippen molar-refractivity contribution < 1.29 is 26.7 Å². The summed E-state index contributed by atoms with van der Waals surface area (Å²) in [5.74, 6) is -12.5. The van der Waals surface area contributed by atoms with Crippen LogP contribution in [0.1, 0.15) is 30.6 Å². The number of amides is 1. The lowest BCUT2D eigenvalue weighted by atomic mass is 10.0. The maximum absolute atomic E-state index is 13.4. The number of hydrogen-bond donors (Lipinski definition) is 1. The van der Waals surface area contributed by atoms with Gasteiger partial charge in [-0.1, -0.05) is 6.92 Å². The second-order valence-electron chi connectivity index (χ2n) is 4.45. The van der Waals surface area contributed by atoms with Crippen LogP contribution >= 0.6 is 11.6 Å². The lowest BCUT2D eigenvalue weighted by molar-refractivity contribution is 0.0900. The summed E-state index contributed by atoms with van der Waals surface area (Å²) in [5, 5.41) is 2.16. The fourth-order valence-corrected chi connectivity index (χ4v) is 1.61. The smallest absolute Gasteiger partial charge is 0.257 e. The van der Waals surface area contributed by atoms with E-state index in [1.54, 1.807) is 6.92 Å². The third-order valence-corrected chi connectivity index (χ3v) is 3.52. The summed E-state index contributed by atoms with van der Waals surface area (Å²) in [6.45, 7) is 3.12. The summed E-state index contributed by atoms with van der Waals surface area (Å²) in [4.78, 5) is 11.7. The highest BCUT2D eigenvalue weighted by Gasteiger charge is 2.32. The van der Waals surface area contributed by atoms with Gasteiger partial charge in [-0.3, -0.25) is 4.79 Å². The Morgan fingerprint density at radius 1 is 1.05 bits per heavy atom. The average molecular weight is 316 g/mol. The van der Waals surface area contributed by atoms with Gasteiger partial charge >= 0.3 is 0 Å². The fourth-order valence-electron chi connectivity index (χ4n) is 1.36. The van der Waals surface area contributed by atoms with E-state index in [9.17, 15) is 26.7 Å². The lowest BCUT2D eigenvalue weighted by Gasteiger charge is -2.27. The molecule has 1 aromatic rings. The Morgan fingerprint density at radius 2 is 1.45 bits per heavy atom. The predicted octanol–water partition coefficient (Wildman–Crippen LogP) is 3.52. The number of carbonyl (C=O) groups is 1. The van der Waals surface area contributed by atoms with Gasteiger partial charge in [0.1, 0.15) is 5.56 Å². The molecule has 2 nitrogen and oxygen atoms in total. The SMILES string of the molecule is CCC(C)(CCl)NC(=O)c1c(F)c(F)c(F)c(F)c1F. The Hall–Kier alpha value is -1.37. The molecule has 0 fully saturated rings. The molecule has 0 bridgehead atoms. The van der Waals surface area contributed by atoms with Crippen LogP contribution < -0.4 is 5.32 Å². The normalized spacial score (nSPS) is 14.0. The zero-order valence-electron chi connectivity index (χ0n) is 10.6. The first-order chi connectivity index (χ1) is 9.18. The molecule has 8 heteroatoms. The molecular formula is C12H11ClF5NO. The van der Waals surface area contributed by atoms with Gasteiger partial charge in [-0.2, -0.15) is 0 Å². The zero-order chi connectivity index (χ0) is 15.7. The molecule has 112 valence electrons. The van der Waals surface area contributed by atoms with E-state index in [4.69, 9.17) is 11.6 Å². The summed E-state index contributed by atoms with van der Waals surface area (Å²) in [7, 11) is 0.